The summed E-state index contributed by atoms with van der Waals surface area (Å²) in [6.45, 7) is 2.24. The Morgan fingerprint density at radius 2 is 2.14 bits per heavy atom. The first-order valence-corrected chi connectivity index (χ1v) is 8.02. The van der Waals surface area contributed by atoms with Crippen LogP contribution in [0.25, 0.3) is 10.1 Å². The highest BCUT2D eigenvalue weighted by Gasteiger charge is 2.21. The van der Waals surface area contributed by atoms with Gasteiger partial charge in [-0.15, -0.1) is 11.3 Å². The molecule has 1 saturated heterocycles. The number of nitrogens with one attached hydrogen (secondary N) is 1. The first-order chi connectivity index (χ1) is 10.3. The second-order valence-corrected chi connectivity index (χ2v) is 6.24. The maximum Gasteiger partial charge on any atom is 0.252 e. The summed E-state index contributed by atoms with van der Waals surface area (Å²) in [6, 6.07) is 10.4. The largest absolute Gasteiger partial charge is 0.349 e. The molecule has 0 atom stereocenters. The molecule has 1 aliphatic rings. The molecule has 0 bridgehead atoms. The fourth-order valence-corrected chi connectivity index (χ4v) is 3.69. The highest BCUT2D eigenvalue weighted by molar-refractivity contribution is 7.17. The van der Waals surface area contributed by atoms with Crippen LogP contribution in [0.5, 0.6) is 0 Å². The fourth-order valence-electron chi connectivity index (χ4n) is 2.75. The van der Waals surface area contributed by atoms with Gasteiger partial charge in [-0.1, -0.05) is 18.2 Å². The Morgan fingerprint density at radius 1 is 1.38 bits per heavy atom. The van der Waals surface area contributed by atoms with Crippen molar-refractivity contribution < 1.29 is 4.79 Å². The average molecular weight is 299 g/mol. The lowest BCUT2D eigenvalue weighted by Gasteiger charge is -2.30. The maximum absolute atomic E-state index is 12.4. The number of benzene rings is 1. The van der Waals surface area contributed by atoms with Gasteiger partial charge in [-0.3, -0.25) is 9.69 Å². The van der Waals surface area contributed by atoms with Crippen LogP contribution in [-0.2, 0) is 0 Å². The average Bonchev–Trinajstić information content (AvgIpc) is 2.93. The number of hydrogen-bond donors (Lipinski definition) is 1. The van der Waals surface area contributed by atoms with E-state index in [9.17, 15) is 4.79 Å². The highest BCUT2D eigenvalue weighted by Crippen LogP contribution is 2.25. The number of thiophene rings is 1. The van der Waals surface area contributed by atoms with Crippen LogP contribution in [0.3, 0.4) is 0 Å². The molecule has 0 saturated carbocycles. The van der Waals surface area contributed by atoms with Crippen molar-refractivity contribution in [2.75, 3.05) is 19.6 Å². The Bertz CT molecular complexity index is 680. The molecule has 21 heavy (non-hydrogen) atoms. The molecule has 0 radical (unpaired) electrons. The summed E-state index contributed by atoms with van der Waals surface area (Å²) in [5, 5.41) is 14.8. The second-order valence-electron chi connectivity index (χ2n) is 5.33. The zero-order chi connectivity index (χ0) is 14.7. The molecule has 1 aromatic carbocycles. The number of carbonyl (C=O) groups is 1. The lowest BCUT2D eigenvalue weighted by molar-refractivity contribution is 0.0916. The number of piperidine rings is 1. The highest BCUT2D eigenvalue weighted by atomic mass is 32.1. The lowest BCUT2D eigenvalue weighted by Crippen LogP contribution is -2.44. The molecule has 1 amide bonds. The van der Waals surface area contributed by atoms with E-state index in [0.717, 1.165) is 41.6 Å². The smallest absolute Gasteiger partial charge is 0.252 e. The van der Waals surface area contributed by atoms with Gasteiger partial charge in [0.1, 0.15) is 0 Å². The van der Waals surface area contributed by atoms with Crippen LogP contribution in [0.1, 0.15) is 23.2 Å². The van der Waals surface area contributed by atoms with E-state index in [1.54, 1.807) is 11.3 Å². The molecule has 0 spiro atoms. The molecule has 5 heteroatoms. The number of likely N-dealkylation sites (tertiary alicyclic amines) is 1. The molecule has 1 N–H and O–H groups in total. The molecule has 1 aromatic heterocycles. The number of carbonyl (C=O) groups excluding carboxylic acids is 1. The van der Waals surface area contributed by atoms with E-state index in [4.69, 9.17) is 5.26 Å². The maximum atomic E-state index is 12.4. The molecule has 1 aliphatic heterocycles. The van der Waals surface area contributed by atoms with Gasteiger partial charge in [0.15, 0.2) is 0 Å². The third-order valence-corrected chi connectivity index (χ3v) is 4.91. The summed E-state index contributed by atoms with van der Waals surface area (Å²) in [6.07, 6.45) is 1.82. The fraction of sp³-hybridized carbons (Fsp3) is 0.375. The van der Waals surface area contributed by atoms with Crippen LogP contribution in [-0.4, -0.2) is 36.5 Å². The number of amides is 1. The van der Waals surface area contributed by atoms with Crippen molar-refractivity contribution in [2.24, 2.45) is 0 Å². The van der Waals surface area contributed by atoms with Crippen LogP contribution in [0.2, 0.25) is 0 Å². The zero-order valence-corrected chi connectivity index (χ0v) is 12.5. The van der Waals surface area contributed by atoms with E-state index in [1.165, 1.54) is 0 Å². The number of nitrogens with zero attached hydrogens (tertiary/aromatic N) is 2. The topological polar surface area (TPSA) is 56.1 Å². The van der Waals surface area contributed by atoms with Crippen LogP contribution < -0.4 is 5.32 Å². The van der Waals surface area contributed by atoms with Gasteiger partial charge in [-0.2, -0.15) is 5.26 Å². The molecule has 1 fully saturated rings. The third-order valence-electron chi connectivity index (χ3n) is 3.94. The first kappa shape index (κ1) is 14.1. The molecule has 4 nitrogen and oxygen atoms in total. The van der Waals surface area contributed by atoms with Crippen molar-refractivity contribution in [1.29, 1.82) is 5.26 Å². The summed E-state index contributed by atoms with van der Waals surface area (Å²) >= 11 is 1.61. The molecule has 0 unspecified atom stereocenters. The van der Waals surface area contributed by atoms with Gasteiger partial charge in [0.05, 0.1) is 18.2 Å². The Morgan fingerprint density at radius 3 is 2.90 bits per heavy atom. The van der Waals surface area contributed by atoms with Gasteiger partial charge in [0.25, 0.3) is 5.91 Å². The Kier molecular flexibility index (Phi) is 4.18. The summed E-state index contributed by atoms with van der Waals surface area (Å²) in [7, 11) is 0. The van der Waals surface area contributed by atoms with Crippen molar-refractivity contribution in [3.8, 4) is 6.07 Å². The summed E-state index contributed by atoms with van der Waals surface area (Å²) < 4.78 is 1.14. The molecule has 2 heterocycles. The van der Waals surface area contributed by atoms with Gasteiger partial charge in [-0.25, -0.2) is 0 Å². The molecule has 0 aliphatic carbocycles. The normalized spacial score (nSPS) is 16.7. The number of rotatable bonds is 3. The monoisotopic (exact) mass is 299 g/mol. The predicted octanol–water partition coefficient (Wildman–Crippen LogP) is 2.62. The van der Waals surface area contributed by atoms with E-state index in [0.29, 0.717) is 6.54 Å². The Balaban J connectivity index is 1.64. The molecular weight excluding hydrogens is 282 g/mol. The van der Waals surface area contributed by atoms with Gasteiger partial charge < -0.3 is 5.32 Å². The van der Waals surface area contributed by atoms with Gasteiger partial charge in [-0.05, 0) is 18.9 Å². The summed E-state index contributed by atoms with van der Waals surface area (Å²) in [5.41, 5.74) is 0.773. The molecule has 108 valence electrons. The third kappa shape index (κ3) is 3.07. The van der Waals surface area contributed by atoms with Crippen molar-refractivity contribution in [2.45, 2.75) is 18.9 Å². The van der Waals surface area contributed by atoms with Gasteiger partial charge in [0.2, 0.25) is 0 Å². The predicted molar refractivity (Wildman–Crippen MR) is 84.4 cm³/mol. The Labute approximate surface area is 128 Å². The minimum absolute atomic E-state index is 0.0196. The minimum atomic E-state index is 0.0196. The Hall–Kier alpha value is -1.90. The number of nitriles is 1. The molecular formula is C16H17N3OS. The van der Waals surface area contributed by atoms with Crippen LogP contribution >= 0.6 is 11.3 Å². The van der Waals surface area contributed by atoms with Crippen LogP contribution in [0.4, 0.5) is 0 Å². The minimum Gasteiger partial charge on any atom is -0.349 e. The van der Waals surface area contributed by atoms with Gasteiger partial charge >= 0.3 is 0 Å². The van der Waals surface area contributed by atoms with Gasteiger partial charge in [0, 0.05) is 34.6 Å². The zero-order valence-electron chi connectivity index (χ0n) is 11.7. The van der Waals surface area contributed by atoms with Crippen molar-refractivity contribution in [1.82, 2.24) is 10.2 Å². The van der Waals surface area contributed by atoms with Crippen molar-refractivity contribution in [3.63, 3.8) is 0 Å². The number of fused-ring (bicyclic) bond motifs is 1. The summed E-state index contributed by atoms with van der Waals surface area (Å²) in [5.74, 6) is 0.0196. The SMILES string of the molecule is N#CCN1CCC(NC(=O)c2csc3ccccc23)CC1. The van der Waals surface area contributed by atoms with Crippen LogP contribution in [0, 0.1) is 11.3 Å². The van der Waals surface area contributed by atoms with E-state index in [1.807, 2.05) is 29.6 Å². The van der Waals surface area contributed by atoms with E-state index >= 15 is 0 Å². The van der Waals surface area contributed by atoms with Crippen molar-refractivity contribution >= 4 is 27.3 Å². The number of hydrogen-bond acceptors (Lipinski definition) is 4. The van der Waals surface area contributed by atoms with E-state index in [-0.39, 0.29) is 11.9 Å². The van der Waals surface area contributed by atoms with Crippen LogP contribution in [0.15, 0.2) is 29.6 Å². The van der Waals surface area contributed by atoms with Crippen molar-refractivity contribution in [3.05, 3.63) is 35.2 Å². The lowest BCUT2D eigenvalue weighted by atomic mass is 10.0. The molecule has 3 rings (SSSR count). The quantitative estimate of drug-likeness (QED) is 0.886. The van der Waals surface area contributed by atoms with E-state index in [2.05, 4.69) is 16.3 Å². The standard InChI is InChI=1S/C16H17N3OS/c17-7-10-19-8-5-12(6-9-19)18-16(20)14-11-21-15-4-2-1-3-13(14)15/h1-4,11-12H,5-6,8-10H2,(H,18,20). The molecule has 2 aromatic rings. The first-order valence-electron chi connectivity index (χ1n) is 7.14. The van der Waals surface area contributed by atoms with E-state index < -0.39 is 0 Å². The second kappa shape index (κ2) is 6.25. The summed E-state index contributed by atoms with van der Waals surface area (Å²) in [4.78, 5) is 14.6.